The number of carbonyl (C=O) groups is 2. The van der Waals surface area contributed by atoms with Crippen LogP contribution in [0.1, 0.15) is 68.0 Å². The molecule has 0 saturated heterocycles. The molecule has 2 rings (SSSR count). The first-order valence-corrected chi connectivity index (χ1v) is 9.82. The Hall–Kier alpha value is -1.27. The average Bonchev–Trinajstić information content (AvgIpc) is 2.61. The van der Waals surface area contributed by atoms with E-state index in [9.17, 15) is 9.59 Å². The van der Waals surface area contributed by atoms with Crippen LogP contribution in [0.15, 0.2) is 16.7 Å². The van der Waals surface area contributed by atoms with Gasteiger partial charge in [0.05, 0.1) is 12.3 Å². The summed E-state index contributed by atoms with van der Waals surface area (Å²) in [5, 5.41) is 3.51. The number of nitrogens with zero attached hydrogens (tertiary/aromatic N) is 1. The molecule has 5 nitrogen and oxygen atoms in total. The fourth-order valence-electron chi connectivity index (χ4n) is 3.46. The molecule has 1 atom stereocenters. The van der Waals surface area contributed by atoms with E-state index in [0.717, 1.165) is 48.7 Å². The maximum atomic E-state index is 11.6. The zero-order valence-electron chi connectivity index (χ0n) is 15.0. The Kier molecular flexibility index (Phi) is 8.03. The molecule has 1 N–H and O–H groups in total. The Bertz CT molecular complexity index is 586. The topological polar surface area (TPSA) is 68.3 Å². The number of ether oxygens (including phenoxy) is 1. The third kappa shape index (κ3) is 6.19. The highest BCUT2D eigenvalue weighted by atomic mass is 79.9. The van der Waals surface area contributed by atoms with Crippen molar-refractivity contribution < 1.29 is 14.3 Å². The summed E-state index contributed by atoms with van der Waals surface area (Å²) in [6.07, 6.45) is 7.53. The third-order valence-electron chi connectivity index (χ3n) is 4.89. The maximum absolute atomic E-state index is 11.6. The Balaban J connectivity index is 1.77. The molecule has 0 aromatic carbocycles. The highest BCUT2D eigenvalue weighted by molar-refractivity contribution is 9.10. The highest BCUT2D eigenvalue weighted by Crippen LogP contribution is 2.31. The van der Waals surface area contributed by atoms with E-state index in [-0.39, 0.29) is 12.0 Å². The van der Waals surface area contributed by atoms with Gasteiger partial charge in [0.1, 0.15) is 0 Å². The van der Waals surface area contributed by atoms with Crippen molar-refractivity contribution in [2.75, 3.05) is 13.2 Å². The number of rotatable bonds is 8. The molecule has 0 bridgehead atoms. The molecule has 0 amide bonds. The maximum Gasteiger partial charge on any atom is 0.306 e. The van der Waals surface area contributed by atoms with E-state index < -0.39 is 0 Å². The lowest BCUT2D eigenvalue weighted by molar-refractivity contribution is -0.144. The van der Waals surface area contributed by atoms with Crippen molar-refractivity contribution in [1.82, 2.24) is 10.3 Å². The number of esters is 1. The number of aromatic nitrogens is 1. The van der Waals surface area contributed by atoms with E-state index in [1.165, 1.54) is 0 Å². The van der Waals surface area contributed by atoms with Crippen molar-refractivity contribution in [3.63, 3.8) is 0 Å². The molecule has 1 unspecified atom stereocenters. The van der Waals surface area contributed by atoms with Crippen molar-refractivity contribution >= 4 is 28.2 Å². The van der Waals surface area contributed by atoms with Crippen molar-refractivity contribution in [3.05, 3.63) is 28.0 Å². The number of carbonyl (C=O) groups excluding carboxylic acids is 2. The number of hydrogen-bond donors (Lipinski definition) is 1. The zero-order chi connectivity index (χ0) is 18.2. The molecule has 25 heavy (non-hydrogen) atoms. The van der Waals surface area contributed by atoms with Gasteiger partial charge in [-0.1, -0.05) is 0 Å². The number of aldehydes is 1. The first-order chi connectivity index (χ1) is 12.0. The second kappa shape index (κ2) is 10.0. The highest BCUT2D eigenvalue weighted by Gasteiger charge is 2.24. The van der Waals surface area contributed by atoms with Gasteiger partial charge in [0.25, 0.3) is 0 Å². The smallest absolute Gasteiger partial charge is 0.306 e. The van der Waals surface area contributed by atoms with Crippen LogP contribution in [0.5, 0.6) is 0 Å². The van der Waals surface area contributed by atoms with Crippen molar-refractivity contribution in [3.8, 4) is 0 Å². The van der Waals surface area contributed by atoms with Gasteiger partial charge in [0.15, 0.2) is 6.29 Å². The van der Waals surface area contributed by atoms with E-state index in [0.29, 0.717) is 30.4 Å². The fraction of sp³-hybridized carbons (Fsp3) is 0.632. The minimum Gasteiger partial charge on any atom is -0.466 e. The molecule has 0 radical (unpaired) electrons. The number of hydrogen-bond acceptors (Lipinski definition) is 5. The second-order valence-corrected chi connectivity index (χ2v) is 7.69. The Morgan fingerprint density at radius 1 is 1.40 bits per heavy atom. The lowest BCUT2D eigenvalue weighted by Crippen LogP contribution is -2.30. The third-order valence-corrected chi connectivity index (χ3v) is 5.33. The predicted octanol–water partition coefficient (Wildman–Crippen LogP) is 4.07. The second-order valence-electron chi connectivity index (χ2n) is 6.77. The first kappa shape index (κ1) is 20.0. The van der Waals surface area contributed by atoms with Gasteiger partial charge in [0.2, 0.25) is 0 Å². The van der Waals surface area contributed by atoms with Gasteiger partial charge in [-0.2, -0.15) is 0 Å². The van der Waals surface area contributed by atoms with Crippen LogP contribution in [-0.4, -0.2) is 30.4 Å². The van der Waals surface area contributed by atoms with Gasteiger partial charge < -0.3 is 10.1 Å². The number of nitrogens with one attached hydrogen (secondary N) is 1. The molecule has 0 spiro atoms. The molecular weight excluding hydrogens is 384 g/mol. The van der Waals surface area contributed by atoms with Gasteiger partial charge in [-0.3, -0.25) is 14.6 Å². The summed E-state index contributed by atoms with van der Waals surface area (Å²) in [5.74, 6) is 0.999. The van der Waals surface area contributed by atoms with Crippen molar-refractivity contribution in [1.29, 1.82) is 0 Å². The van der Waals surface area contributed by atoms with Crippen molar-refractivity contribution in [2.45, 2.75) is 52.0 Å². The molecule has 1 aromatic heterocycles. The fourth-order valence-corrected chi connectivity index (χ4v) is 3.81. The van der Waals surface area contributed by atoms with Gasteiger partial charge in [-0.05, 0) is 79.9 Å². The largest absolute Gasteiger partial charge is 0.466 e. The van der Waals surface area contributed by atoms with E-state index in [2.05, 4.69) is 26.2 Å². The number of pyridine rings is 1. The van der Waals surface area contributed by atoms with Gasteiger partial charge in [-0.15, -0.1) is 0 Å². The lowest BCUT2D eigenvalue weighted by Gasteiger charge is -2.29. The number of halogens is 1. The molecule has 1 saturated carbocycles. The minimum atomic E-state index is -0.0691. The molecule has 1 aliphatic carbocycles. The van der Waals surface area contributed by atoms with Crippen LogP contribution in [0.25, 0.3) is 0 Å². The Morgan fingerprint density at radius 2 is 2.08 bits per heavy atom. The molecule has 1 heterocycles. The molecule has 1 aliphatic rings. The molecule has 1 fully saturated rings. The first-order valence-electron chi connectivity index (χ1n) is 9.03. The summed E-state index contributed by atoms with van der Waals surface area (Å²) < 4.78 is 5.85. The standard InChI is InChI=1S/C19H27BrN2O3/c1-3-25-18(24)8-14-4-6-15(7-5-14)10-21-13(2)19-16(12-23)9-17(20)11-22-19/h9,11-15,21H,3-8,10H2,1-2H3. The van der Waals surface area contributed by atoms with E-state index in [4.69, 9.17) is 4.74 Å². The summed E-state index contributed by atoms with van der Waals surface area (Å²) >= 11 is 3.35. The average molecular weight is 411 g/mol. The van der Waals surface area contributed by atoms with Gasteiger partial charge >= 0.3 is 5.97 Å². The lowest BCUT2D eigenvalue weighted by atomic mass is 9.80. The van der Waals surface area contributed by atoms with Crippen LogP contribution in [0.2, 0.25) is 0 Å². The minimum absolute atomic E-state index is 0.0329. The van der Waals surface area contributed by atoms with Crippen LogP contribution < -0.4 is 5.32 Å². The zero-order valence-corrected chi connectivity index (χ0v) is 16.5. The SMILES string of the molecule is CCOC(=O)CC1CCC(CNC(C)c2ncc(Br)cc2C=O)CC1. The van der Waals surface area contributed by atoms with Crippen molar-refractivity contribution in [2.24, 2.45) is 11.8 Å². The molecule has 138 valence electrons. The summed E-state index contributed by atoms with van der Waals surface area (Å²) in [4.78, 5) is 27.2. The van der Waals surface area contributed by atoms with Crippen LogP contribution in [0.3, 0.4) is 0 Å². The van der Waals surface area contributed by atoms with E-state index >= 15 is 0 Å². The quantitative estimate of drug-likeness (QED) is 0.516. The molecule has 1 aromatic rings. The Morgan fingerprint density at radius 3 is 2.72 bits per heavy atom. The molecular formula is C19H27BrN2O3. The predicted molar refractivity (Wildman–Crippen MR) is 100 cm³/mol. The normalized spacial score (nSPS) is 21.6. The monoisotopic (exact) mass is 410 g/mol. The van der Waals surface area contributed by atoms with Crippen LogP contribution in [0, 0.1) is 11.8 Å². The van der Waals surface area contributed by atoms with Gasteiger partial charge in [-0.25, -0.2) is 0 Å². The summed E-state index contributed by atoms with van der Waals surface area (Å²) in [7, 11) is 0. The molecule has 6 heteroatoms. The van der Waals surface area contributed by atoms with Gasteiger partial charge in [0, 0.05) is 28.7 Å². The molecule has 0 aliphatic heterocycles. The Labute approximate surface area is 158 Å². The summed E-state index contributed by atoms with van der Waals surface area (Å²) in [5.41, 5.74) is 1.40. The van der Waals surface area contributed by atoms with Crippen LogP contribution in [0.4, 0.5) is 0 Å². The van der Waals surface area contributed by atoms with E-state index in [1.54, 1.807) is 12.3 Å². The van der Waals surface area contributed by atoms with E-state index in [1.807, 2.05) is 13.8 Å². The van der Waals surface area contributed by atoms with Crippen LogP contribution in [-0.2, 0) is 9.53 Å². The van der Waals surface area contributed by atoms with Crippen LogP contribution >= 0.6 is 15.9 Å². The summed E-state index contributed by atoms with van der Waals surface area (Å²) in [6.45, 7) is 5.25. The summed E-state index contributed by atoms with van der Waals surface area (Å²) in [6, 6.07) is 1.83.